The van der Waals surface area contributed by atoms with Crippen molar-refractivity contribution in [1.29, 1.82) is 0 Å². The number of halogens is 1. The summed E-state index contributed by atoms with van der Waals surface area (Å²) in [6.45, 7) is 5.43. The van der Waals surface area contributed by atoms with Crippen LogP contribution in [0, 0.1) is 0 Å². The van der Waals surface area contributed by atoms with Crippen LogP contribution in [0.3, 0.4) is 0 Å². The Bertz CT molecular complexity index is 668. The van der Waals surface area contributed by atoms with E-state index in [1.54, 1.807) is 0 Å². The number of benzene rings is 2. The lowest BCUT2D eigenvalue weighted by Crippen LogP contribution is -3.00. The zero-order valence-corrected chi connectivity index (χ0v) is 15.8. The zero-order chi connectivity index (χ0) is 16.7. The first-order chi connectivity index (χ1) is 11.0. The number of nitrogens with zero attached hydrogens (tertiary/aromatic N) is 1. The van der Waals surface area contributed by atoms with Crippen molar-refractivity contribution in [2.45, 2.75) is 6.54 Å². The molecular weight excluding hydrogens is 366 g/mol. The highest BCUT2D eigenvalue weighted by atomic mass is 79.9. The lowest BCUT2D eigenvalue weighted by Gasteiger charge is -2.30. The van der Waals surface area contributed by atoms with Crippen LogP contribution in [0.1, 0.15) is 5.56 Å². The van der Waals surface area contributed by atoms with E-state index < -0.39 is 0 Å². The van der Waals surface area contributed by atoms with Gasteiger partial charge in [0, 0.05) is 11.6 Å². The van der Waals surface area contributed by atoms with E-state index in [4.69, 9.17) is 4.74 Å². The summed E-state index contributed by atoms with van der Waals surface area (Å²) < 4.78 is 5.85. The molecule has 0 aliphatic heterocycles. The highest BCUT2D eigenvalue weighted by Gasteiger charge is 2.18. The van der Waals surface area contributed by atoms with Gasteiger partial charge in [-0.05, 0) is 11.1 Å². The molecule has 0 atom stereocenters. The molecule has 0 N–H and O–H groups in total. The van der Waals surface area contributed by atoms with Crippen LogP contribution in [-0.4, -0.2) is 37.7 Å². The largest absolute Gasteiger partial charge is 1.00 e. The van der Waals surface area contributed by atoms with Crippen LogP contribution < -0.4 is 17.0 Å². The van der Waals surface area contributed by atoms with Gasteiger partial charge in [0.15, 0.2) is 0 Å². The molecule has 0 spiro atoms. The number of hydrogen-bond donors (Lipinski definition) is 0. The molecule has 0 aliphatic carbocycles. The predicted molar refractivity (Wildman–Crippen MR) is 93.7 cm³/mol. The van der Waals surface area contributed by atoms with E-state index in [0.29, 0.717) is 6.61 Å². The highest BCUT2D eigenvalue weighted by molar-refractivity contribution is 5.81. The normalized spacial score (nSPS) is 10.6. The Labute approximate surface area is 154 Å². The second-order valence-corrected chi connectivity index (χ2v) is 6.21. The van der Waals surface area contributed by atoms with Crippen molar-refractivity contribution in [3.8, 4) is 11.1 Å². The van der Waals surface area contributed by atoms with E-state index in [0.717, 1.165) is 17.6 Å². The Kier molecular flexibility index (Phi) is 7.89. The van der Waals surface area contributed by atoms with Crippen LogP contribution in [0.4, 0.5) is 0 Å². The summed E-state index contributed by atoms with van der Waals surface area (Å²) >= 11 is 0. The number of ether oxygens (including phenoxy) is 1. The second kappa shape index (κ2) is 9.40. The lowest BCUT2D eigenvalue weighted by atomic mass is 9.99. The van der Waals surface area contributed by atoms with E-state index in [9.17, 15) is 4.79 Å². The van der Waals surface area contributed by atoms with Crippen LogP contribution in [0.5, 0.6) is 0 Å². The van der Waals surface area contributed by atoms with Gasteiger partial charge in [-0.2, -0.15) is 0 Å². The number of carbonyl (C=O) groups is 1. The summed E-state index contributed by atoms with van der Waals surface area (Å²) in [6.07, 6.45) is 1.20. The van der Waals surface area contributed by atoms with Crippen molar-refractivity contribution in [2.75, 3.05) is 27.2 Å². The SMILES string of the molecule is C=CC(=O)OCC[N+](C)(C)Cc1ccccc1-c1ccccc1.[Br-]. The number of rotatable bonds is 7. The maximum absolute atomic E-state index is 11.1. The van der Waals surface area contributed by atoms with Gasteiger partial charge in [-0.3, -0.25) is 0 Å². The molecule has 24 heavy (non-hydrogen) atoms. The summed E-state index contributed by atoms with van der Waals surface area (Å²) in [5.41, 5.74) is 3.77. The fraction of sp³-hybridized carbons (Fsp3) is 0.250. The minimum absolute atomic E-state index is 0. The van der Waals surface area contributed by atoms with Crippen LogP contribution in [0.2, 0.25) is 0 Å². The maximum Gasteiger partial charge on any atom is 0.330 e. The lowest BCUT2D eigenvalue weighted by molar-refractivity contribution is -0.903. The Hall–Kier alpha value is -1.91. The average Bonchev–Trinajstić information content (AvgIpc) is 2.55. The second-order valence-electron chi connectivity index (χ2n) is 6.21. The van der Waals surface area contributed by atoms with Crippen molar-refractivity contribution in [2.24, 2.45) is 0 Å². The summed E-state index contributed by atoms with van der Waals surface area (Å²) in [4.78, 5) is 11.1. The van der Waals surface area contributed by atoms with Gasteiger partial charge >= 0.3 is 5.97 Å². The third kappa shape index (κ3) is 5.95. The third-order valence-corrected chi connectivity index (χ3v) is 3.81. The number of hydrogen-bond acceptors (Lipinski definition) is 2. The van der Waals surface area contributed by atoms with Crippen LogP contribution >= 0.6 is 0 Å². The Morgan fingerprint density at radius 1 is 1.08 bits per heavy atom. The molecule has 0 aliphatic rings. The third-order valence-electron chi connectivity index (χ3n) is 3.81. The number of carbonyl (C=O) groups excluding carboxylic acids is 1. The Morgan fingerprint density at radius 3 is 2.38 bits per heavy atom. The minimum atomic E-state index is -0.366. The van der Waals surface area contributed by atoms with Gasteiger partial charge in [0.2, 0.25) is 0 Å². The highest BCUT2D eigenvalue weighted by Crippen LogP contribution is 2.25. The Morgan fingerprint density at radius 2 is 1.71 bits per heavy atom. The summed E-state index contributed by atoms with van der Waals surface area (Å²) in [5.74, 6) is -0.366. The van der Waals surface area contributed by atoms with Crippen LogP contribution in [0.25, 0.3) is 11.1 Å². The minimum Gasteiger partial charge on any atom is -1.00 e. The van der Waals surface area contributed by atoms with Gasteiger partial charge in [0.05, 0.1) is 14.1 Å². The standard InChI is InChI=1S/C20H24NO2.BrH/c1-4-20(22)23-15-14-21(2,3)16-18-12-8-9-13-19(18)17-10-6-5-7-11-17;/h4-13H,1,14-16H2,2-3H3;1H/q+1;/p-1. The molecule has 0 saturated heterocycles. The van der Waals surface area contributed by atoms with Crippen molar-refractivity contribution >= 4 is 5.97 Å². The van der Waals surface area contributed by atoms with Crippen molar-refractivity contribution in [1.82, 2.24) is 0 Å². The van der Waals surface area contributed by atoms with E-state index in [1.807, 2.05) is 6.07 Å². The first-order valence-corrected chi connectivity index (χ1v) is 7.76. The zero-order valence-electron chi connectivity index (χ0n) is 14.2. The fourth-order valence-corrected chi connectivity index (χ4v) is 2.55. The first kappa shape index (κ1) is 20.1. The topological polar surface area (TPSA) is 26.3 Å². The summed E-state index contributed by atoms with van der Waals surface area (Å²) in [7, 11) is 4.28. The van der Waals surface area contributed by atoms with Gasteiger partial charge in [-0.15, -0.1) is 0 Å². The summed E-state index contributed by atoms with van der Waals surface area (Å²) in [5, 5.41) is 0. The van der Waals surface area contributed by atoms with Gasteiger partial charge in [-0.25, -0.2) is 4.79 Å². The molecule has 0 bridgehead atoms. The van der Waals surface area contributed by atoms with Crippen molar-refractivity contribution in [3.63, 3.8) is 0 Å². The number of quaternary nitrogens is 1. The van der Waals surface area contributed by atoms with Crippen molar-refractivity contribution in [3.05, 3.63) is 72.8 Å². The van der Waals surface area contributed by atoms with E-state index in [-0.39, 0.29) is 23.0 Å². The smallest absolute Gasteiger partial charge is 0.330 e. The van der Waals surface area contributed by atoms with Crippen LogP contribution in [0.15, 0.2) is 67.3 Å². The molecule has 0 amide bonds. The molecule has 0 saturated carbocycles. The molecule has 0 aromatic heterocycles. The number of esters is 1. The average molecular weight is 390 g/mol. The molecule has 128 valence electrons. The van der Waals surface area contributed by atoms with E-state index in [1.165, 1.54) is 22.8 Å². The molecular formula is C20H24BrNO2. The molecule has 2 aromatic carbocycles. The molecule has 2 rings (SSSR count). The molecule has 3 nitrogen and oxygen atoms in total. The van der Waals surface area contributed by atoms with E-state index >= 15 is 0 Å². The van der Waals surface area contributed by atoms with Gasteiger partial charge in [0.25, 0.3) is 0 Å². The van der Waals surface area contributed by atoms with Gasteiger partial charge in [-0.1, -0.05) is 61.2 Å². The first-order valence-electron chi connectivity index (χ1n) is 7.76. The number of likely N-dealkylation sites (N-methyl/N-ethyl adjacent to an activating group) is 1. The monoisotopic (exact) mass is 389 g/mol. The molecule has 4 heteroatoms. The maximum atomic E-state index is 11.1. The van der Waals surface area contributed by atoms with E-state index in [2.05, 4.69) is 69.2 Å². The Balaban J connectivity index is 0.00000288. The van der Waals surface area contributed by atoms with Gasteiger partial charge in [0.1, 0.15) is 19.7 Å². The predicted octanol–water partition coefficient (Wildman–Crippen LogP) is 0.663. The summed E-state index contributed by atoms with van der Waals surface area (Å²) in [6, 6.07) is 18.9. The molecule has 0 heterocycles. The van der Waals surface area contributed by atoms with Crippen LogP contribution in [-0.2, 0) is 16.1 Å². The molecule has 0 radical (unpaired) electrons. The van der Waals surface area contributed by atoms with Crippen molar-refractivity contribution < 1.29 is 31.0 Å². The fourth-order valence-electron chi connectivity index (χ4n) is 2.55. The quantitative estimate of drug-likeness (QED) is 0.395. The molecule has 0 fully saturated rings. The molecule has 2 aromatic rings. The van der Waals surface area contributed by atoms with Gasteiger partial charge < -0.3 is 26.2 Å². The molecule has 0 unspecified atom stereocenters.